The zero-order valence-electron chi connectivity index (χ0n) is 14.5. The number of anilines is 2. The molecule has 4 N–H and O–H groups in total. The lowest BCUT2D eigenvalue weighted by Gasteiger charge is -2.12. The van der Waals surface area contributed by atoms with Crippen LogP contribution in [0, 0.1) is 0 Å². The number of amides is 2. The number of nitrogens with one attached hydrogen (secondary N) is 4. The molecule has 2 aromatic rings. The maximum Gasteiger partial charge on any atom is 0.269 e. The Bertz CT molecular complexity index is 748. The number of hydrogen-bond acceptors (Lipinski definition) is 3. The number of carbonyl (C=O) groups excluding carboxylic acids is 2. The molecule has 0 aliphatic carbocycles. The van der Waals surface area contributed by atoms with Crippen LogP contribution >= 0.6 is 12.2 Å². The first-order valence-electron chi connectivity index (χ1n) is 8.41. The van der Waals surface area contributed by atoms with E-state index < -0.39 is 0 Å². The van der Waals surface area contributed by atoms with Gasteiger partial charge in [-0.1, -0.05) is 31.5 Å². The van der Waals surface area contributed by atoms with Crippen molar-refractivity contribution in [3.05, 3.63) is 60.2 Å². The van der Waals surface area contributed by atoms with Crippen LogP contribution in [0.15, 0.2) is 54.6 Å². The molecule has 0 aromatic heterocycles. The summed E-state index contributed by atoms with van der Waals surface area (Å²) < 4.78 is 0. The summed E-state index contributed by atoms with van der Waals surface area (Å²) in [6.45, 7) is 2.04. The van der Waals surface area contributed by atoms with Gasteiger partial charge in [0.05, 0.1) is 0 Å². The van der Waals surface area contributed by atoms with E-state index in [1.165, 1.54) is 0 Å². The maximum atomic E-state index is 12.1. The third-order valence-corrected chi connectivity index (χ3v) is 3.71. The van der Waals surface area contributed by atoms with Crippen molar-refractivity contribution >= 4 is 40.5 Å². The van der Waals surface area contributed by atoms with E-state index >= 15 is 0 Å². The molecule has 0 heterocycles. The van der Waals surface area contributed by atoms with Crippen molar-refractivity contribution < 1.29 is 9.59 Å². The van der Waals surface area contributed by atoms with Crippen LogP contribution in [0.3, 0.4) is 0 Å². The van der Waals surface area contributed by atoms with Gasteiger partial charge in [0, 0.05) is 23.4 Å². The van der Waals surface area contributed by atoms with Crippen LogP contribution in [-0.4, -0.2) is 16.9 Å². The van der Waals surface area contributed by atoms with Gasteiger partial charge in [-0.15, -0.1) is 0 Å². The van der Waals surface area contributed by atoms with Crippen molar-refractivity contribution in [2.24, 2.45) is 0 Å². The van der Waals surface area contributed by atoms with Crippen molar-refractivity contribution in [1.29, 1.82) is 0 Å². The lowest BCUT2D eigenvalue weighted by molar-refractivity contribution is -0.116. The number of para-hydroxylation sites is 1. The number of hydrogen-bond donors (Lipinski definition) is 4. The third kappa shape index (κ3) is 6.52. The molecule has 6 nitrogen and oxygen atoms in total. The van der Waals surface area contributed by atoms with E-state index in [9.17, 15) is 9.59 Å². The van der Waals surface area contributed by atoms with Gasteiger partial charge in [0.15, 0.2) is 5.11 Å². The van der Waals surface area contributed by atoms with Crippen molar-refractivity contribution in [2.75, 3.05) is 10.6 Å². The van der Waals surface area contributed by atoms with Gasteiger partial charge in [0.2, 0.25) is 5.91 Å². The van der Waals surface area contributed by atoms with Gasteiger partial charge >= 0.3 is 0 Å². The Balaban J connectivity index is 1.80. The van der Waals surface area contributed by atoms with E-state index in [0.29, 0.717) is 17.7 Å². The molecule has 0 atom stereocenters. The summed E-state index contributed by atoms with van der Waals surface area (Å²) >= 11 is 5.12. The summed E-state index contributed by atoms with van der Waals surface area (Å²) in [5.41, 5.74) is 7.11. The number of thiocarbonyl (C=S) groups is 1. The molecule has 0 aliphatic heterocycles. The largest absolute Gasteiger partial charge is 0.331 e. The number of rotatable bonds is 6. The monoisotopic (exact) mass is 370 g/mol. The molecule has 0 unspecified atom stereocenters. The number of hydrazine groups is 1. The molecule has 2 aromatic carbocycles. The highest BCUT2D eigenvalue weighted by Crippen LogP contribution is 2.10. The first kappa shape index (κ1) is 19.4. The molecule has 2 amide bonds. The lowest BCUT2D eigenvalue weighted by atomic mass is 10.2. The van der Waals surface area contributed by atoms with Crippen molar-refractivity contribution in [3.63, 3.8) is 0 Å². The third-order valence-electron chi connectivity index (χ3n) is 3.51. The second-order valence-corrected chi connectivity index (χ2v) is 6.04. The van der Waals surface area contributed by atoms with Gasteiger partial charge in [-0.3, -0.25) is 20.4 Å². The quantitative estimate of drug-likeness (QED) is 0.462. The van der Waals surface area contributed by atoms with Crippen LogP contribution in [0.25, 0.3) is 0 Å². The fourth-order valence-electron chi connectivity index (χ4n) is 2.14. The molecule has 2 rings (SSSR count). The van der Waals surface area contributed by atoms with Gasteiger partial charge in [-0.25, -0.2) is 0 Å². The Morgan fingerprint density at radius 2 is 1.54 bits per heavy atom. The van der Waals surface area contributed by atoms with Gasteiger partial charge in [-0.05, 0) is 55.0 Å². The Hall–Kier alpha value is -2.93. The van der Waals surface area contributed by atoms with E-state index in [0.717, 1.165) is 18.5 Å². The molecule has 7 heteroatoms. The summed E-state index contributed by atoms with van der Waals surface area (Å²) in [4.78, 5) is 23.8. The highest BCUT2D eigenvalue weighted by atomic mass is 32.1. The van der Waals surface area contributed by atoms with E-state index in [-0.39, 0.29) is 16.9 Å². The van der Waals surface area contributed by atoms with E-state index in [1.54, 1.807) is 24.3 Å². The fourth-order valence-corrected chi connectivity index (χ4v) is 2.30. The highest BCUT2D eigenvalue weighted by molar-refractivity contribution is 7.80. The maximum absolute atomic E-state index is 12.1. The zero-order valence-corrected chi connectivity index (χ0v) is 15.4. The molecule has 136 valence electrons. The molecule has 0 radical (unpaired) electrons. The molecule has 0 aliphatic rings. The first-order chi connectivity index (χ1) is 12.6. The SMILES string of the molecule is CCCCC(=O)Nc1ccc(C(=O)NNC(=S)Nc2ccccc2)cc1. The van der Waals surface area contributed by atoms with E-state index in [4.69, 9.17) is 12.2 Å². The Kier molecular flexibility index (Phi) is 7.57. The molecular formula is C19H22N4O2S. The minimum absolute atomic E-state index is 0.0250. The Labute approximate surface area is 158 Å². The van der Waals surface area contributed by atoms with Gasteiger partial charge in [0.1, 0.15) is 0 Å². The topological polar surface area (TPSA) is 82.3 Å². The van der Waals surface area contributed by atoms with Crippen LogP contribution < -0.4 is 21.5 Å². The molecular weight excluding hydrogens is 348 g/mol. The summed E-state index contributed by atoms with van der Waals surface area (Å²) in [6.07, 6.45) is 2.32. The van der Waals surface area contributed by atoms with E-state index in [2.05, 4.69) is 21.5 Å². The standard InChI is InChI=1S/C19H22N4O2S/c1-2-3-9-17(24)20-16-12-10-14(11-13-16)18(25)22-23-19(26)21-15-7-5-4-6-8-15/h4-8,10-13H,2-3,9H2,1H3,(H,20,24)(H,22,25)(H2,21,23,26). The smallest absolute Gasteiger partial charge is 0.269 e. The second kappa shape index (κ2) is 10.1. The minimum Gasteiger partial charge on any atom is -0.331 e. The van der Waals surface area contributed by atoms with E-state index in [1.807, 2.05) is 37.3 Å². The molecule has 0 fully saturated rings. The normalized spacial score (nSPS) is 9.88. The van der Waals surface area contributed by atoms with Crippen molar-refractivity contribution in [3.8, 4) is 0 Å². The molecule has 0 bridgehead atoms. The minimum atomic E-state index is -0.328. The average molecular weight is 370 g/mol. The van der Waals surface area contributed by atoms with Gasteiger partial charge in [0.25, 0.3) is 5.91 Å². The Morgan fingerprint density at radius 3 is 2.19 bits per heavy atom. The van der Waals surface area contributed by atoms with Gasteiger partial charge < -0.3 is 10.6 Å². The van der Waals surface area contributed by atoms with Crippen LogP contribution in [0.5, 0.6) is 0 Å². The first-order valence-corrected chi connectivity index (χ1v) is 8.81. The van der Waals surface area contributed by atoms with Gasteiger partial charge in [-0.2, -0.15) is 0 Å². The van der Waals surface area contributed by atoms with Crippen LogP contribution in [-0.2, 0) is 4.79 Å². The summed E-state index contributed by atoms with van der Waals surface area (Å²) in [5.74, 6) is -0.353. The summed E-state index contributed by atoms with van der Waals surface area (Å²) in [6, 6.07) is 16.1. The fraction of sp³-hybridized carbons (Fsp3) is 0.211. The number of carbonyl (C=O) groups is 2. The number of benzene rings is 2. The highest BCUT2D eigenvalue weighted by Gasteiger charge is 2.07. The molecule has 0 saturated carbocycles. The predicted octanol–water partition coefficient (Wildman–Crippen LogP) is 3.45. The zero-order chi connectivity index (χ0) is 18.8. The second-order valence-electron chi connectivity index (χ2n) is 5.63. The Morgan fingerprint density at radius 1 is 0.885 bits per heavy atom. The summed E-state index contributed by atoms with van der Waals surface area (Å²) in [5, 5.41) is 6.04. The molecule has 26 heavy (non-hydrogen) atoms. The summed E-state index contributed by atoms with van der Waals surface area (Å²) in [7, 11) is 0. The predicted molar refractivity (Wildman–Crippen MR) is 108 cm³/mol. The van der Waals surface area contributed by atoms with Crippen LogP contribution in [0.4, 0.5) is 11.4 Å². The number of unbranched alkanes of at least 4 members (excludes halogenated alkanes) is 1. The van der Waals surface area contributed by atoms with Crippen molar-refractivity contribution in [1.82, 2.24) is 10.9 Å². The lowest BCUT2D eigenvalue weighted by Crippen LogP contribution is -2.43. The van der Waals surface area contributed by atoms with Crippen LogP contribution in [0.1, 0.15) is 36.5 Å². The average Bonchev–Trinajstić information content (AvgIpc) is 2.66. The molecule has 0 saturated heterocycles. The van der Waals surface area contributed by atoms with Crippen LogP contribution in [0.2, 0.25) is 0 Å². The van der Waals surface area contributed by atoms with Crippen molar-refractivity contribution in [2.45, 2.75) is 26.2 Å². The molecule has 0 spiro atoms.